The molecule has 1 unspecified atom stereocenters. The number of hydrogen-bond acceptors (Lipinski definition) is 4. The molecular formula is C18H27N3O2S. The minimum absolute atomic E-state index is 0.0763. The summed E-state index contributed by atoms with van der Waals surface area (Å²) in [6.07, 6.45) is 2.63. The van der Waals surface area contributed by atoms with Gasteiger partial charge in [0.05, 0.1) is 11.5 Å². The second kappa shape index (κ2) is 9.69. The number of likely N-dealkylation sites (tertiary alicyclic amines) is 1. The molecule has 1 saturated heterocycles. The summed E-state index contributed by atoms with van der Waals surface area (Å²) < 4.78 is 0. The van der Waals surface area contributed by atoms with Crippen LogP contribution in [0.15, 0.2) is 24.3 Å². The van der Waals surface area contributed by atoms with Gasteiger partial charge in [-0.2, -0.15) is 0 Å². The van der Waals surface area contributed by atoms with Gasteiger partial charge in [0.1, 0.15) is 0 Å². The first-order chi connectivity index (χ1) is 11.5. The molecule has 1 fully saturated rings. The van der Waals surface area contributed by atoms with Crippen molar-refractivity contribution in [1.29, 1.82) is 0 Å². The van der Waals surface area contributed by atoms with Crippen molar-refractivity contribution >= 4 is 23.6 Å². The van der Waals surface area contributed by atoms with Gasteiger partial charge in [-0.15, -0.1) is 11.8 Å². The number of nitrogens with zero attached hydrogens (tertiary/aromatic N) is 1. The Kier molecular flexibility index (Phi) is 7.59. The molecule has 2 rings (SSSR count). The van der Waals surface area contributed by atoms with Crippen LogP contribution in [0, 0.1) is 5.92 Å². The van der Waals surface area contributed by atoms with Crippen molar-refractivity contribution in [2.75, 3.05) is 24.6 Å². The van der Waals surface area contributed by atoms with E-state index in [0.29, 0.717) is 6.54 Å². The van der Waals surface area contributed by atoms with Crippen LogP contribution in [-0.4, -0.2) is 41.3 Å². The number of piperidine rings is 1. The summed E-state index contributed by atoms with van der Waals surface area (Å²) in [4.78, 5) is 24.8. The van der Waals surface area contributed by atoms with Crippen molar-refractivity contribution in [2.24, 2.45) is 11.7 Å². The summed E-state index contributed by atoms with van der Waals surface area (Å²) in [7, 11) is 0. The van der Waals surface area contributed by atoms with Crippen molar-refractivity contribution in [3.8, 4) is 0 Å². The topological polar surface area (TPSA) is 75.4 Å². The Morgan fingerprint density at radius 3 is 2.62 bits per heavy atom. The first-order valence-corrected chi connectivity index (χ1v) is 9.61. The van der Waals surface area contributed by atoms with E-state index in [1.165, 1.54) is 43.3 Å². The molecule has 1 aromatic carbocycles. The molecule has 1 heterocycles. The van der Waals surface area contributed by atoms with E-state index in [-0.39, 0.29) is 17.4 Å². The summed E-state index contributed by atoms with van der Waals surface area (Å²) >= 11 is 1.23. The molecule has 0 radical (unpaired) electrons. The first-order valence-electron chi connectivity index (χ1n) is 8.46. The molecule has 0 aliphatic carbocycles. The van der Waals surface area contributed by atoms with Crippen LogP contribution < -0.4 is 11.1 Å². The van der Waals surface area contributed by atoms with Crippen molar-refractivity contribution in [1.82, 2.24) is 10.2 Å². The number of primary amides is 1. The molecular weight excluding hydrogens is 322 g/mol. The fraction of sp³-hybridized carbons (Fsp3) is 0.556. The number of hydrogen-bond donors (Lipinski definition) is 2. The van der Waals surface area contributed by atoms with E-state index in [0.717, 1.165) is 18.0 Å². The quantitative estimate of drug-likeness (QED) is 0.750. The van der Waals surface area contributed by atoms with Crippen molar-refractivity contribution in [3.05, 3.63) is 35.4 Å². The van der Waals surface area contributed by atoms with Gasteiger partial charge in [-0.25, -0.2) is 0 Å². The number of carbonyl (C=O) groups is 2. The summed E-state index contributed by atoms with van der Waals surface area (Å²) in [5.41, 5.74) is 7.44. The van der Waals surface area contributed by atoms with Gasteiger partial charge in [-0.3, -0.25) is 14.5 Å². The highest BCUT2D eigenvalue weighted by molar-refractivity contribution is 8.00. The molecule has 2 amide bonds. The summed E-state index contributed by atoms with van der Waals surface area (Å²) in [5, 5.41) is 2.86. The molecule has 1 aliphatic rings. The van der Waals surface area contributed by atoms with Gasteiger partial charge >= 0.3 is 0 Å². The molecule has 0 bridgehead atoms. The lowest BCUT2D eigenvalue weighted by Crippen LogP contribution is -2.33. The molecule has 132 valence electrons. The SMILES string of the molecule is CC1CCCN(Cc2ccc(CNC(=O)CSCC(N)=O)cc2)C1. The third kappa shape index (κ3) is 6.93. The Morgan fingerprint density at radius 1 is 1.25 bits per heavy atom. The lowest BCUT2D eigenvalue weighted by molar-refractivity contribution is -0.118. The maximum Gasteiger partial charge on any atom is 0.230 e. The zero-order valence-corrected chi connectivity index (χ0v) is 15.1. The molecule has 1 aliphatic heterocycles. The average molecular weight is 350 g/mol. The molecule has 24 heavy (non-hydrogen) atoms. The predicted octanol–water partition coefficient (Wildman–Crippen LogP) is 1.75. The molecule has 0 aromatic heterocycles. The standard InChI is InChI=1S/C18H27N3O2S/c1-14-3-2-8-21(10-14)11-16-6-4-15(5-7-16)9-20-18(23)13-24-12-17(19)22/h4-7,14H,2-3,8-13H2,1H3,(H2,19,22)(H,20,23). The van der Waals surface area contributed by atoms with Crippen LogP contribution in [0.25, 0.3) is 0 Å². The van der Waals surface area contributed by atoms with Gasteiger partial charge in [0.25, 0.3) is 0 Å². The Labute approximate surface area is 148 Å². The van der Waals surface area contributed by atoms with Gasteiger partial charge in [-0.05, 0) is 36.4 Å². The Morgan fingerprint density at radius 2 is 1.96 bits per heavy atom. The van der Waals surface area contributed by atoms with Crippen molar-refractivity contribution in [2.45, 2.75) is 32.9 Å². The fourth-order valence-electron chi connectivity index (χ4n) is 2.95. The summed E-state index contributed by atoms with van der Waals surface area (Å²) in [5.74, 6) is 0.755. The van der Waals surface area contributed by atoms with Crippen LogP contribution in [0.4, 0.5) is 0 Å². The zero-order chi connectivity index (χ0) is 17.4. The van der Waals surface area contributed by atoms with Gasteiger partial charge in [0, 0.05) is 19.6 Å². The number of thioether (sulfide) groups is 1. The highest BCUT2D eigenvalue weighted by Gasteiger charge is 2.16. The maximum absolute atomic E-state index is 11.7. The van der Waals surface area contributed by atoms with E-state index >= 15 is 0 Å². The lowest BCUT2D eigenvalue weighted by Gasteiger charge is -2.30. The van der Waals surface area contributed by atoms with Crippen molar-refractivity contribution < 1.29 is 9.59 Å². The third-order valence-electron chi connectivity index (χ3n) is 4.14. The van der Waals surface area contributed by atoms with Crippen LogP contribution in [0.1, 0.15) is 30.9 Å². The summed E-state index contributed by atoms with van der Waals surface area (Å²) in [6, 6.07) is 8.42. The highest BCUT2D eigenvalue weighted by Crippen LogP contribution is 2.18. The largest absolute Gasteiger partial charge is 0.369 e. The minimum Gasteiger partial charge on any atom is -0.369 e. The highest BCUT2D eigenvalue weighted by atomic mass is 32.2. The number of rotatable bonds is 8. The lowest BCUT2D eigenvalue weighted by atomic mass is 9.99. The number of amides is 2. The molecule has 3 N–H and O–H groups in total. The number of benzene rings is 1. The Bertz CT molecular complexity index is 548. The Balaban J connectivity index is 1.71. The number of nitrogens with two attached hydrogens (primary N) is 1. The predicted molar refractivity (Wildman–Crippen MR) is 98.5 cm³/mol. The normalized spacial score (nSPS) is 18.3. The number of carbonyl (C=O) groups excluding carboxylic acids is 2. The molecule has 1 atom stereocenters. The van der Waals surface area contributed by atoms with Gasteiger partial charge in [-0.1, -0.05) is 31.2 Å². The fourth-order valence-corrected chi connectivity index (χ4v) is 3.54. The van der Waals surface area contributed by atoms with E-state index in [1.807, 2.05) is 0 Å². The smallest absolute Gasteiger partial charge is 0.230 e. The third-order valence-corrected chi connectivity index (χ3v) is 5.09. The first kappa shape index (κ1) is 18.8. The van der Waals surface area contributed by atoms with Crippen LogP contribution in [-0.2, 0) is 22.7 Å². The number of nitrogens with one attached hydrogen (secondary N) is 1. The molecule has 0 spiro atoms. The Hall–Kier alpha value is -1.53. The van der Waals surface area contributed by atoms with E-state index in [2.05, 4.69) is 41.4 Å². The van der Waals surface area contributed by atoms with Crippen molar-refractivity contribution in [3.63, 3.8) is 0 Å². The zero-order valence-electron chi connectivity index (χ0n) is 14.3. The monoisotopic (exact) mass is 349 g/mol. The maximum atomic E-state index is 11.7. The van der Waals surface area contributed by atoms with E-state index in [1.54, 1.807) is 0 Å². The average Bonchev–Trinajstić information content (AvgIpc) is 2.54. The van der Waals surface area contributed by atoms with Crippen LogP contribution in [0.2, 0.25) is 0 Å². The molecule has 6 heteroatoms. The van der Waals surface area contributed by atoms with Gasteiger partial charge in [0.15, 0.2) is 0 Å². The van der Waals surface area contributed by atoms with E-state index in [4.69, 9.17) is 5.73 Å². The molecule has 1 aromatic rings. The summed E-state index contributed by atoms with van der Waals surface area (Å²) in [6.45, 7) is 6.20. The molecule has 0 saturated carbocycles. The second-order valence-corrected chi connectivity index (χ2v) is 7.52. The van der Waals surface area contributed by atoms with E-state index in [9.17, 15) is 9.59 Å². The van der Waals surface area contributed by atoms with Crippen LogP contribution in [0.3, 0.4) is 0 Å². The van der Waals surface area contributed by atoms with Gasteiger partial charge in [0.2, 0.25) is 11.8 Å². The molecule has 5 nitrogen and oxygen atoms in total. The van der Waals surface area contributed by atoms with E-state index < -0.39 is 5.91 Å². The second-order valence-electron chi connectivity index (χ2n) is 6.53. The van der Waals surface area contributed by atoms with Crippen LogP contribution in [0.5, 0.6) is 0 Å². The minimum atomic E-state index is -0.397. The van der Waals surface area contributed by atoms with Crippen LogP contribution >= 0.6 is 11.8 Å². The van der Waals surface area contributed by atoms with Gasteiger partial charge < -0.3 is 11.1 Å².